The van der Waals surface area contributed by atoms with E-state index in [1.54, 1.807) is 6.08 Å². The standard InChI is InChI=1S/C76H149NO5/c1-3-5-7-9-11-13-15-17-19-21-23-29-33-36-40-44-48-52-56-60-64-68-74(79)73(72-78)77-75(80)69-65-61-57-53-49-45-41-37-34-30-27-25-24-26-28-31-35-39-43-47-51-55-59-63-67-71-82-76(81)70-66-62-58-54-50-46-42-38-32-22-20-18-16-14-12-10-8-6-4-2/h64,68,73-74,78-79H,3-63,65-67,69-72H2,1-2H3,(H,77,80)/b68-64+. The number of esters is 1. The van der Waals surface area contributed by atoms with Crippen LogP contribution < -0.4 is 5.32 Å². The highest BCUT2D eigenvalue weighted by molar-refractivity contribution is 5.76. The third kappa shape index (κ3) is 67.7. The second-order valence-electron chi connectivity index (χ2n) is 26.4. The van der Waals surface area contributed by atoms with Gasteiger partial charge in [-0.15, -0.1) is 0 Å². The molecule has 0 aliphatic rings. The van der Waals surface area contributed by atoms with Crippen molar-refractivity contribution in [2.24, 2.45) is 0 Å². The molecule has 0 aliphatic carbocycles. The molecule has 0 aromatic rings. The van der Waals surface area contributed by atoms with Gasteiger partial charge in [0.2, 0.25) is 5.91 Å². The maximum Gasteiger partial charge on any atom is 0.305 e. The summed E-state index contributed by atoms with van der Waals surface area (Å²) >= 11 is 0. The van der Waals surface area contributed by atoms with Crippen LogP contribution in [0.15, 0.2) is 12.2 Å². The molecule has 3 N–H and O–H groups in total. The number of hydrogen-bond acceptors (Lipinski definition) is 5. The molecule has 2 unspecified atom stereocenters. The summed E-state index contributed by atoms with van der Waals surface area (Å²) in [5.41, 5.74) is 0. The molecule has 0 bridgehead atoms. The van der Waals surface area contributed by atoms with Crippen molar-refractivity contribution in [3.63, 3.8) is 0 Å². The molecular formula is C76H149NO5. The summed E-state index contributed by atoms with van der Waals surface area (Å²) in [5.74, 6) is -0.0391. The number of aliphatic hydroxyl groups excluding tert-OH is 2. The molecular weight excluding hydrogens is 1010 g/mol. The minimum absolute atomic E-state index is 0.0221. The number of rotatable bonds is 72. The van der Waals surface area contributed by atoms with Crippen molar-refractivity contribution in [1.29, 1.82) is 0 Å². The van der Waals surface area contributed by atoms with Gasteiger partial charge in [-0.05, 0) is 32.1 Å². The fourth-order valence-corrected chi connectivity index (χ4v) is 12.3. The van der Waals surface area contributed by atoms with E-state index in [0.717, 1.165) is 38.5 Å². The van der Waals surface area contributed by atoms with Crippen molar-refractivity contribution in [3.05, 3.63) is 12.2 Å². The zero-order valence-electron chi connectivity index (χ0n) is 56.0. The van der Waals surface area contributed by atoms with E-state index in [2.05, 4.69) is 19.2 Å². The van der Waals surface area contributed by atoms with Gasteiger partial charge in [-0.2, -0.15) is 0 Å². The average molecular weight is 1160 g/mol. The van der Waals surface area contributed by atoms with Crippen LogP contribution >= 0.6 is 0 Å². The molecule has 1 amide bonds. The Balaban J connectivity index is 3.36. The molecule has 0 aliphatic heterocycles. The van der Waals surface area contributed by atoms with E-state index in [1.165, 1.54) is 372 Å². The highest BCUT2D eigenvalue weighted by Crippen LogP contribution is 2.20. The number of ether oxygens (including phenoxy) is 1. The summed E-state index contributed by atoms with van der Waals surface area (Å²) in [7, 11) is 0. The van der Waals surface area contributed by atoms with Crippen molar-refractivity contribution >= 4 is 11.9 Å². The van der Waals surface area contributed by atoms with Crippen LogP contribution in [0.2, 0.25) is 0 Å². The Morgan fingerprint density at radius 1 is 0.329 bits per heavy atom. The van der Waals surface area contributed by atoms with Crippen molar-refractivity contribution in [3.8, 4) is 0 Å². The molecule has 0 fully saturated rings. The highest BCUT2D eigenvalue weighted by atomic mass is 16.5. The van der Waals surface area contributed by atoms with Gasteiger partial charge in [-0.3, -0.25) is 9.59 Å². The van der Waals surface area contributed by atoms with E-state index in [-0.39, 0.29) is 18.5 Å². The van der Waals surface area contributed by atoms with Crippen molar-refractivity contribution < 1.29 is 24.5 Å². The fourth-order valence-electron chi connectivity index (χ4n) is 12.3. The van der Waals surface area contributed by atoms with Crippen LogP contribution in [0.25, 0.3) is 0 Å². The molecule has 82 heavy (non-hydrogen) atoms. The molecule has 0 spiro atoms. The van der Waals surface area contributed by atoms with Crippen LogP contribution in [-0.4, -0.2) is 47.4 Å². The van der Waals surface area contributed by atoms with Crippen LogP contribution in [-0.2, 0) is 14.3 Å². The quantitative estimate of drug-likeness (QED) is 0.0320. The van der Waals surface area contributed by atoms with Gasteiger partial charge in [0, 0.05) is 12.8 Å². The first-order chi connectivity index (χ1) is 40.5. The Morgan fingerprint density at radius 2 is 0.561 bits per heavy atom. The Morgan fingerprint density at radius 3 is 0.829 bits per heavy atom. The van der Waals surface area contributed by atoms with Gasteiger partial charge in [0.15, 0.2) is 0 Å². The lowest BCUT2D eigenvalue weighted by atomic mass is 10.0. The Bertz CT molecular complexity index is 1240. The summed E-state index contributed by atoms with van der Waals surface area (Å²) in [5, 5.41) is 23.3. The average Bonchev–Trinajstić information content (AvgIpc) is 3.48. The van der Waals surface area contributed by atoms with Gasteiger partial charge in [-0.1, -0.05) is 405 Å². The van der Waals surface area contributed by atoms with Gasteiger partial charge in [0.25, 0.3) is 0 Å². The first-order valence-corrected chi connectivity index (χ1v) is 38.0. The number of hydrogen-bond donors (Lipinski definition) is 3. The van der Waals surface area contributed by atoms with Crippen LogP contribution in [0.1, 0.15) is 438 Å². The van der Waals surface area contributed by atoms with Gasteiger partial charge >= 0.3 is 5.97 Å². The number of unbranched alkanes of at least 4 members (excludes halogenated alkanes) is 61. The molecule has 0 aromatic heterocycles. The third-order valence-electron chi connectivity index (χ3n) is 18.1. The zero-order valence-corrected chi connectivity index (χ0v) is 56.0. The van der Waals surface area contributed by atoms with E-state index in [4.69, 9.17) is 4.74 Å². The van der Waals surface area contributed by atoms with Crippen LogP contribution in [0.3, 0.4) is 0 Å². The van der Waals surface area contributed by atoms with Gasteiger partial charge < -0.3 is 20.3 Å². The van der Waals surface area contributed by atoms with Crippen LogP contribution in [0, 0.1) is 0 Å². The number of carbonyl (C=O) groups is 2. The molecule has 6 nitrogen and oxygen atoms in total. The molecule has 0 radical (unpaired) electrons. The second-order valence-corrected chi connectivity index (χ2v) is 26.4. The number of aliphatic hydroxyl groups is 2. The summed E-state index contributed by atoms with van der Waals surface area (Å²) in [6.07, 6.45) is 90.2. The molecule has 6 heteroatoms. The molecule has 0 rings (SSSR count). The van der Waals surface area contributed by atoms with Crippen LogP contribution in [0.4, 0.5) is 0 Å². The molecule has 0 aromatic carbocycles. The third-order valence-corrected chi connectivity index (χ3v) is 18.1. The highest BCUT2D eigenvalue weighted by Gasteiger charge is 2.18. The largest absolute Gasteiger partial charge is 0.466 e. The van der Waals surface area contributed by atoms with E-state index in [9.17, 15) is 19.8 Å². The lowest BCUT2D eigenvalue weighted by Gasteiger charge is -2.20. The first kappa shape index (κ1) is 80.6. The molecule has 488 valence electrons. The lowest BCUT2D eigenvalue weighted by molar-refractivity contribution is -0.143. The molecule has 2 atom stereocenters. The first-order valence-electron chi connectivity index (χ1n) is 38.0. The Hall–Kier alpha value is -1.40. The Kier molecular flexibility index (Phi) is 70.8. The summed E-state index contributed by atoms with van der Waals surface area (Å²) in [4.78, 5) is 24.7. The minimum Gasteiger partial charge on any atom is -0.466 e. The van der Waals surface area contributed by atoms with Crippen molar-refractivity contribution in [1.82, 2.24) is 5.32 Å². The maximum absolute atomic E-state index is 12.5. The minimum atomic E-state index is -0.844. The SMILES string of the molecule is CCCCCCCCCCCCCCCCCCCCC/C=C/C(O)C(CO)NC(=O)CCCCCCCCCCCCCCCCCCCCCCCCCCCOC(=O)CCCCCCCCCCCCCCCCCCCCC. The molecule has 0 heterocycles. The van der Waals surface area contributed by atoms with Gasteiger partial charge in [0.05, 0.1) is 25.4 Å². The van der Waals surface area contributed by atoms with Gasteiger partial charge in [0.1, 0.15) is 0 Å². The smallest absolute Gasteiger partial charge is 0.305 e. The normalized spacial score (nSPS) is 12.5. The van der Waals surface area contributed by atoms with Crippen molar-refractivity contribution in [2.45, 2.75) is 450 Å². The molecule has 0 saturated carbocycles. The number of nitrogens with one attached hydrogen (secondary N) is 1. The molecule has 0 saturated heterocycles. The number of carbonyl (C=O) groups excluding carboxylic acids is 2. The van der Waals surface area contributed by atoms with E-state index >= 15 is 0 Å². The van der Waals surface area contributed by atoms with Crippen LogP contribution in [0.5, 0.6) is 0 Å². The lowest BCUT2D eigenvalue weighted by Crippen LogP contribution is -2.45. The predicted octanol–water partition coefficient (Wildman–Crippen LogP) is 24.7. The fraction of sp³-hybridized carbons (Fsp3) is 0.947. The summed E-state index contributed by atoms with van der Waals surface area (Å²) in [6.45, 7) is 4.96. The zero-order chi connectivity index (χ0) is 59.2. The van der Waals surface area contributed by atoms with E-state index in [1.807, 2.05) is 6.08 Å². The predicted molar refractivity (Wildman–Crippen MR) is 361 cm³/mol. The van der Waals surface area contributed by atoms with Crippen molar-refractivity contribution in [2.75, 3.05) is 13.2 Å². The topological polar surface area (TPSA) is 95.9 Å². The number of allylic oxidation sites excluding steroid dienone is 1. The van der Waals surface area contributed by atoms with E-state index in [0.29, 0.717) is 19.4 Å². The van der Waals surface area contributed by atoms with E-state index < -0.39 is 12.1 Å². The van der Waals surface area contributed by atoms with Gasteiger partial charge in [-0.25, -0.2) is 0 Å². The summed E-state index contributed by atoms with van der Waals surface area (Å²) in [6, 6.07) is -0.627. The Labute approximate surface area is 514 Å². The monoisotopic (exact) mass is 1160 g/mol. The maximum atomic E-state index is 12.5. The second kappa shape index (κ2) is 72.1. The number of amides is 1. The summed E-state index contributed by atoms with van der Waals surface area (Å²) < 4.78 is 5.52.